The van der Waals surface area contributed by atoms with Crippen molar-refractivity contribution in [3.05, 3.63) is 18.2 Å². The van der Waals surface area contributed by atoms with Crippen molar-refractivity contribution in [3.8, 4) is 0 Å². The maximum atomic E-state index is 4.04. The molecular formula is C15H27N3. The van der Waals surface area contributed by atoms with Crippen LogP contribution in [-0.2, 0) is 6.42 Å². The summed E-state index contributed by atoms with van der Waals surface area (Å²) >= 11 is 0. The molecule has 0 spiro atoms. The highest BCUT2D eigenvalue weighted by atomic mass is 14.9. The highest BCUT2D eigenvalue weighted by Crippen LogP contribution is 2.17. The highest BCUT2D eigenvalue weighted by molar-refractivity contribution is 4.93. The van der Waals surface area contributed by atoms with Crippen LogP contribution in [0.15, 0.2) is 12.5 Å². The zero-order valence-electron chi connectivity index (χ0n) is 11.5. The maximum absolute atomic E-state index is 4.04. The Morgan fingerprint density at radius 3 is 2.67 bits per heavy atom. The molecule has 2 N–H and O–H groups in total. The second kappa shape index (κ2) is 8.30. The Morgan fingerprint density at radius 1 is 1.11 bits per heavy atom. The van der Waals surface area contributed by atoms with Gasteiger partial charge in [0.2, 0.25) is 0 Å². The lowest BCUT2D eigenvalue weighted by molar-refractivity contribution is 0.449. The van der Waals surface area contributed by atoms with Crippen LogP contribution < -0.4 is 5.32 Å². The van der Waals surface area contributed by atoms with Crippen LogP contribution in [0.5, 0.6) is 0 Å². The molecule has 0 amide bonds. The second-order valence-corrected chi connectivity index (χ2v) is 5.53. The van der Waals surface area contributed by atoms with E-state index in [1.807, 2.05) is 6.20 Å². The Balaban J connectivity index is 1.45. The third-order valence-electron chi connectivity index (χ3n) is 3.97. The van der Waals surface area contributed by atoms with Crippen LogP contribution in [0.25, 0.3) is 0 Å². The van der Waals surface area contributed by atoms with Crippen LogP contribution in [0.3, 0.4) is 0 Å². The molecule has 0 aliphatic heterocycles. The van der Waals surface area contributed by atoms with Crippen molar-refractivity contribution in [3.63, 3.8) is 0 Å². The van der Waals surface area contributed by atoms with Crippen LogP contribution in [0.2, 0.25) is 0 Å². The molecule has 102 valence electrons. The lowest BCUT2D eigenvalue weighted by Gasteiger charge is -2.15. The molecule has 1 heterocycles. The number of H-pyrrole nitrogens is 1. The molecule has 18 heavy (non-hydrogen) atoms. The van der Waals surface area contributed by atoms with Gasteiger partial charge in [0.15, 0.2) is 0 Å². The number of hydrogen-bond acceptors (Lipinski definition) is 2. The predicted octanol–water partition coefficient (Wildman–Crippen LogP) is 3.43. The summed E-state index contributed by atoms with van der Waals surface area (Å²) in [5.74, 6) is 0. The zero-order valence-corrected chi connectivity index (χ0v) is 11.5. The van der Waals surface area contributed by atoms with Gasteiger partial charge in [0, 0.05) is 17.9 Å². The van der Waals surface area contributed by atoms with Gasteiger partial charge >= 0.3 is 0 Å². The molecule has 3 heteroatoms. The van der Waals surface area contributed by atoms with Crippen molar-refractivity contribution in [1.29, 1.82) is 0 Å². The van der Waals surface area contributed by atoms with E-state index in [9.17, 15) is 0 Å². The van der Waals surface area contributed by atoms with Gasteiger partial charge in [-0.3, -0.25) is 0 Å². The number of aryl methyl sites for hydroxylation is 1. The standard InChI is InChI=1S/C15H27N3/c1-2-5-9-14(8-4-1)17-11-7-3-6-10-15-12-16-13-18-15/h12-14,17H,1-11H2,(H,16,18). The molecule has 0 atom stereocenters. The number of imidazole rings is 1. The van der Waals surface area contributed by atoms with Crippen LogP contribution in [0, 0.1) is 0 Å². The van der Waals surface area contributed by atoms with E-state index in [1.165, 1.54) is 70.0 Å². The Labute approximate surface area is 111 Å². The molecule has 0 radical (unpaired) electrons. The zero-order chi connectivity index (χ0) is 12.5. The van der Waals surface area contributed by atoms with E-state index in [1.54, 1.807) is 6.33 Å². The van der Waals surface area contributed by atoms with E-state index in [4.69, 9.17) is 0 Å². The minimum atomic E-state index is 0.806. The molecule has 1 aliphatic rings. The van der Waals surface area contributed by atoms with Gasteiger partial charge in [0.1, 0.15) is 0 Å². The van der Waals surface area contributed by atoms with Crippen molar-refractivity contribution >= 4 is 0 Å². The molecule has 2 rings (SSSR count). The summed E-state index contributed by atoms with van der Waals surface area (Å²) < 4.78 is 0. The lowest BCUT2D eigenvalue weighted by Crippen LogP contribution is -2.29. The summed E-state index contributed by atoms with van der Waals surface area (Å²) in [6, 6.07) is 0.806. The van der Waals surface area contributed by atoms with Crippen molar-refractivity contribution in [2.75, 3.05) is 6.54 Å². The fourth-order valence-electron chi connectivity index (χ4n) is 2.83. The third-order valence-corrected chi connectivity index (χ3v) is 3.97. The highest BCUT2D eigenvalue weighted by Gasteiger charge is 2.10. The summed E-state index contributed by atoms with van der Waals surface area (Å²) in [6.45, 7) is 1.20. The van der Waals surface area contributed by atoms with E-state index >= 15 is 0 Å². The third kappa shape index (κ3) is 5.21. The number of unbranched alkanes of at least 4 members (excludes halogenated alkanes) is 2. The number of nitrogens with one attached hydrogen (secondary N) is 2. The Bertz CT molecular complexity index is 287. The quantitative estimate of drug-likeness (QED) is 0.574. The second-order valence-electron chi connectivity index (χ2n) is 5.53. The summed E-state index contributed by atoms with van der Waals surface area (Å²) in [4.78, 5) is 7.20. The first-order chi connectivity index (χ1) is 8.95. The molecule has 0 saturated heterocycles. The number of aromatic amines is 1. The maximum Gasteiger partial charge on any atom is 0.0921 e. The summed E-state index contributed by atoms with van der Waals surface area (Å²) in [5, 5.41) is 3.74. The number of rotatable bonds is 7. The Morgan fingerprint density at radius 2 is 1.94 bits per heavy atom. The summed E-state index contributed by atoms with van der Waals surface area (Å²) in [5.41, 5.74) is 1.27. The number of aromatic nitrogens is 2. The molecule has 1 aromatic heterocycles. The van der Waals surface area contributed by atoms with Gasteiger partial charge in [-0.1, -0.05) is 32.1 Å². The van der Waals surface area contributed by atoms with Gasteiger partial charge in [-0.15, -0.1) is 0 Å². The minimum absolute atomic E-state index is 0.806. The fourth-order valence-corrected chi connectivity index (χ4v) is 2.83. The summed E-state index contributed by atoms with van der Waals surface area (Å²) in [7, 11) is 0. The normalized spacial score (nSPS) is 17.8. The molecule has 1 saturated carbocycles. The Kier molecular flexibility index (Phi) is 6.27. The SMILES string of the molecule is c1ncc(CCCCCNC2CCCCCC2)[nH]1. The first-order valence-electron chi connectivity index (χ1n) is 7.66. The van der Waals surface area contributed by atoms with E-state index in [0.717, 1.165) is 12.5 Å². The first-order valence-corrected chi connectivity index (χ1v) is 7.66. The van der Waals surface area contributed by atoms with E-state index in [-0.39, 0.29) is 0 Å². The molecule has 1 fully saturated rings. The van der Waals surface area contributed by atoms with E-state index in [2.05, 4.69) is 15.3 Å². The molecule has 0 bridgehead atoms. The Hall–Kier alpha value is -0.830. The molecule has 1 aliphatic carbocycles. The monoisotopic (exact) mass is 249 g/mol. The number of hydrogen-bond donors (Lipinski definition) is 2. The molecule has 0 unspecified atom stereocenters. The lowest BCUT2D eigenvalue weighted by atomic mass is 10.1. The average Bonchev–Trinajstić information content (AvgIpc) is 2.76. The minimum Gasteiger partial charge on any atom is -0.348 e. The molecule has 1 aromatic rings. The van der Waals surface area contributed by atoms with Crippen LogP contribution >= 0.6 is 0 Å². The molecule has 0 aromatic carbocycles. The topological polar surface area (TPSA) is 40.7 Å². The van der Waals surface area contributed by atoms with Crippen molar-refractivity contribution < 1.29 is 0 Å². The van der Waals surface area contributed by atoms with Crippen LogP contribution in [0.1, 0.15) is 63.5 Å². The van der Waals surface area contributed by atoms with Gasteiger partial charge < -0.3 is 10.3 Å². The van der Waals surface area contributed by atoms with Gasteiger partial charge in [-0.25, -0.2) is 4.98 Å². The van der Waals surface area contributed by atoms with Gasteiger partial charge in [-0.05, 0) is 38.6 Å². The first kappa shape index (κ1) is 13.6. The van der Waals surface area contributed by atoms with Crippen molar-refractivity contribution in [1.82, 2.24) is 15.3 Å². The smallest absolute Gasteiger partial charge is 0.0921 e. The molecular weight excluding hydrogens is 222 g/mol. The van der Waals surface area contributed by atoms with Crippen molar-refractivity contribution in [2.24, 2.45) is 0 Å². The van der Waals surface area contributed by atoms with Crippen molar-refractivity contribution in [2.45, 2.75) is 70.3 Å². The van der Waals surface area contributed by atoms with E-state index < -0.39 is 0 Å². The van der Waals surface area contributed by atoms with Crippen LogP contribution in [-0.4, -0.2) is 22.6 Å². The molecule has 3 nitrogen and oxygen atoms in total. The van der Waals surface area contributed by atoms with Gasteiger partial charge in [0.25, 0.3) is 0 Å². The van der Waals surface area contributed by atoms with Crippen LogP contribution in [0.4, 0.5) is 0 Å². The largest absolute Gasteiger partial charge is 0.348 e. The summed E-state index contributed by atoms with van der Waals surface area (Å²) in [6.07, 6.45) is 17.3. The average molecular weight is 249 g/mol. The van der Waals surface area contributed by atoms with E-state index in [0.29, 0.717) is 0 Å². The number of nitrogens with zero attached hydrogens (tertiary/aromatic N) is 1. The fraction of sp³-hybridized carbons (Fsp3) is 0.800. The van der Waals surface area contributed by atoms with Gasteiger partial charge in [-0.2, -0.15) is 0 Å². The predicted molar refractivity (Wildman–Crippen MR) is 75.6 cm³/mol. The van der Waals surface area contributed by atoms with Gasteiger partial charge in [0.05, 0.1) is 6.33 Å².